The van der Waals surface area contributed by atoms with Gasteiger partial charge in [-0.3, -0.25) is 10.1 Å². The normalized spacial score (nSPS) is 11.7. The lowest BCUT2D eigenvalue weighted by Crippen LogP contribution is -2.06. The van der Waals surface area contributed by atoms with E-state index in [9.17, 15) is 4.79 Å². The Balaban J connectivity index is 1.71. The standard InChI is InChI=1S/C31H25N3O2/c1-3-25(21-12-14-22(15-13-21)27-10-7-8-18-32-27)31(23-16-17-28-24(19-23)20-33-34-28)26-9-5-6-11-29(26)36-30(35)4-2/h4-20H,2-3H2,1H3,(H,33,34)/b31-25+. The Bertz CT molecular complexity index is 1560. The van der Waals surface area contributed by atoms with Crippen LogP contribution in [0.1, 0.15) is 30.0 Å². The fraction of sp³-hybridized carbons (Fsp3) is 0.0645. The Morgan fingerprint density at radius 1 is 0.972 bits per heavy atom. The van der Waals surface area contributed by atoms with E-state index in [0.717, 1.165) is 56.4 Å². The van der Waals surface area contributed by atoms with Crippen LogP contribution in [0.2, 0.25) is 0 Å². The number of carbonyl (C=O) groups excluding carboxylic acids is 1. The molecule has 0 atom stereocenters. The molecule has 5 rings (SSSR count). The van der Waals surface area contributed by atoms with Crippen molar-refractivity contribution in [3.63, 3.8) is 0 Å². The number of aromatic amines is 1. The number of carbonyl (C=O) groups is 1. The van der Waals surface area contributed by atoms with Gasteiger partial charge in [-0.1, -0.05) is 68.1 Å². The van der Waals surface area contributed by atoms with Crippen LogP contribution >= 0.6 is 0 Å². The molecular weight excluding hydrogens is 446 g/mol. The molecule has 0 saturated carbocycles. The second kappa shape index (κ2) is 10.2. The molecule has 0 amide bonds. The summed E-state index contributed by atoms with van der Waals surface area (Å²) < 4.78 is 5.66. The lowest BCUT2D eigenvalue weighted by Gasteiger charge is -2.19. The number of benzene rings is 3. The summed E-state index contributed by atoms with van der Waals surface area (Å²) in [5.41, 5.74) is 8.01. The Hall–Kier alpha value is -4.77. The number of hydrogen-bond acceptors (Lipinski definition) is 4. The van der Waals surface area contributed by atoms with Gasteiger partial charge < -0.3 is 4.74 Å². The molecule has 5 nitrogen and oxygen atoms in total. The molecule has 0 fully saturated rings. The number of nitrogens with one attached hydrogen (secondary N) is 1. The maximum atomic E-state index is 12.1. The maximum Gasteiger partial charge on any atom is 0.335 e. The van der Waals surface area contributed by atoms with E-state index in [1.54, 1.807) is 6.20 Å². The SMILES string of the molecule is C=CC(=O)Oc1ccccc1/C(=C(\CC)c1ccc(-c2ccccn2)cc1)c1ccc2[nH]ncc2c1. The van der Waals surface area contributed by atoms with Crippen molar-refractivity contribution in [2.24, 2.45) is 0 Å². The number of aromatic nitrogens is 3. The van der Waals surface area contributed by atoms with Crippen LogP contribution in [0.15, 0.2) is 110 Å². The minimum atomic E-state index is -0.496. The molecule has 176 valence electrons. The summed E-state index contributed by atoms with van der Waals surface area (Å²) in [6.45, 7) is 5.68. The van der Waals surface area contributed by atoms with Crippen molar-refractivity contribution in [1.82, 2.24) is 15.2 Å². The van der Waals surface area contributed by atoms with E-state index >= 15 is 0 Å². The van der Waals surface area contributed by atoms with E-state index in [1.807, 2.05) is 54.7 Å². The highest BCUT2D eigenvalue weighted by Gasteiger charge is 2.18. The first kappa shape index (κ1) is 23.0. The van der Waals surface area contributed by atoms with Gasteiger partial charge in [-0.15, -0.1) is 0 Å². The van der Waals surface area contributed by atoms with Crippen molar-refractivity contribution < 1.29 is 9.53 Å². The third kappa shape index (κ3) is 4.59. The molecule has 2 heterocycles. The molecule has 2 aromatic heterocycles. The molecule has 0 radical (unpaired) electrons. The highest BCUT2D eigenvalue weighted by molar-refractivity contribution is 6.02. The predicted molar refractivity (Wildman–Crippen MR) is 144 cm³/mol. The summed E-state index contributed by atoms with van der Waals surface area (Å²) in [6, 6.07) is 28.1. The van der Waals surface area contributed by atoms with Gasteiger partial charge in [-0.25, -0.2) is 4.79 Å². The molecule has 0 saturated heterocycles. The minimum absolute atomic E-state index is 0.487. The lowest BCUT2D eigenvalue weighted by atomic mass is 9.87. The number of esters is 1. The Morgan fingerprint density at radius 2 is 1.75 bits per heavy atom. The van der Waals surface area contributed by atoms with E-state index in [4.69, 9.17) is 4.74 Å². The van der Waals surface area contributed by atoms with E-state index in [1.165, 1.54) is 6.08 Å². The van der Waals surface area contributed by atoms with Gasteiger partial charge in [0.05, 0.1) is 17.4 Å². The zero-order valence-electron chi connectivity index (χ0n) is 19.9. The molecule has 0 aliphatic heterocycles. The highest BCUT2D eigenvalue weighted by atomic mass is 16.5. The van der Waals surface area contributed by atoms with Crippen LogP contribution in [0, 0.1) is 0 Å². The van der Waals surface area contributed by atoms with Crippen molar-refractivity contribution >= 4 is 28.0 Å². The largest absolute Gasteiger partial charge is 0.423 e. The summed E-state index contributed by atoms with van der Waals surface area (Å²) in [4.78, 5) is 16.6. The van der Waals surface area contributed by atoms with Gasteiger partial charge in [0, 0.05) is 28.8 Å². The first-order chi connectivity index (χ1) is 17.7. The van der Waals surface area contributed by atoms with Gasteiger partial charge >= 0.3 is 5.97 Å². The van der Waals surface area contributed by atoms with Gasteiger partial charge in [0.2, 0.25) is 0 Å². The fourth-order valence-corrected chi connectivity index (χ4v) is 4.40. The van der Waals surface area contributed by atoms with Crippen molar-refractivity contribution in [3.05, 3.63) is 127 Å². The van der Waals surface area contributed by atoms with E-state index < -0.39 is 5.97 Å². The molecule has 1 N–H and O–H groups in total. The van der Waals surface area contributed by atoms with Crippen LogP contribution in [-0.4, -0.2) is 21.2 Å². The average molecular weight is 472 g/mol. The molecule has 36 heavy (non-hydrogen) atoms. The summed E-state index contributed by atoms with van der Waals surface area (Å²) in [5, 5.41) is 8.20. The maximum absolute atomic E-state index is 12.1. The summed E-state index contributed by atoms with van der Waals surface area (Å²) in [5.74, 6) is -0.00871. The first-order valence-corrected chi connectivity index (χ1v) is 11.8. The third-order valence-electron chi connectivity index (χ3n) is 6.11. The van der Waals surface area contributed by atoms with Crippen LogP contribution in [0.4, 0.5) is 0 Å². The van der Waals surface area contributed by atoms with E-state index in [0.29, 0.717) is 5.75 Å². The number of fused-ring (bicyclic) bond motifs is 1. The Kier molecular flexibility index (Phi) is 6.54. The number of nitrogens with zero attached hydrogens (tertiary/aromatic N) is 2. The number of allylic oxidation sites excluding steroid dienone is 1. The van der Waals surface area contributed by atoms with Gasteiger partial charge in [-0.2, -0.15) is 5.10 Å². The second-order valence-electron chi connectivity index (χ2n) is 8.29. The number of rotatable bonds is 7. The van der Waals surface area contributed by atoms with Crippen molar-refractivity contribution in [1.29, 1.82) is 0 Å². The molecule has 0 spiro atoms. The number of pyridine rings is 1. The zero-order chi connectivity index (χ0) is 24.9. The van der Waals surface area contributed by atoms with Gasteiger partial charge in [0.25, 0.3) is 0 Å². The monoisotopic (exact) mass is 471 g/mol. The van der Waals surface area contributed by atoms with Crippen LogP contribution in [0.3, 0.4) is 0 Å². The van der Waals surface area contributed by atoms with Crippen LogP contribution in [-0.2, 0) is 4.79 Å². The van der Waals surface area contributed by atoms with Crippen LogP contribution < -0.4 is 4.74 Å². The molecule has 5 heteroatoms. The minimum Gasteiger partial charge on any atom is -0.423 e. The Morgan fingerprint density at radius 3 is 2.50 bits per heavy atom. The first-order valence-electron chi connectivity index (χ1n) is 11.8. The molecule has 0 aliphatic carbocycles. The molecular formula is C31H25N3O2. The smallest absolute Gasteiger partial charge is 0.335 e. The summed E-state index contributed by atoms with van der Waals surface area (Å²) in [7, 11) is 0. The topological polar surface area (TPSA) is 67.9 Å². The predicted octanol–water partition coefficient (Wildman–Crippen LogP) is 7.09. The number of ether oxygens (including phenoxy) is 1. The van der Waals surface area contributed by atoms with Gasteiger partial charge in [0.1, 0.15) is 5.75 Å². The van der Waals surface area contributed by atoms with Crippen molar-refractivity contribution in [3.8, 4) is 17.0 Å². The van der Waals surface area contributed by atoms with Gasteiger partial charge in [0.15, 0.2) is 0 Å². The highest BCUT2D eigenvalue weighted by Crippen LogP contribution is 2.39. The second-order valence-corrected chi connectivity index (χ2v) is 8.29. The molecule has 0 unspecified atom stereocenters. The Labute approximate surface area is 209 Å². The fourth-order valence-electron chi connectivity index (χ4n) is 4.40. The quantitative estimate of drug-likeness (QED) is 0.119. The number of para-hydroxylation sites is 1. The molecule has 3 aromatic carbocycles. The summed E-state index contributed by atoms with van der Waals surface area (Å²) in [6.07, 6.45) is 5.56. The molecule has 5 aromatic rings. The lowest BCUT2D eigenvalue weighted by molar-refractivity contribution is -0.128. The van der Waals surface area contributed by atoms with Crippen molar-refractivity contribution in [2.45, 2.75) is 13.3 Å². The molecule has 0 bridgehead atoms. The summed E-state index contributed by atoms with van der Waals surface area (Å²) >= 11 is 0. The van der Waals surface area contributed by atoms with E-state index in [-0.39, 0.29) is 0 Å². The average Bonchev–Trinajstić information content (AvgIpc) is 3.41. The van der Waals surface area contributed by atoms with Crippen molar-refractivity contribution in [2.75, 3.05) is 0 Å². The third-order valence-corrected chi connectivity index (χ3v) is 6.11. The number of H-pyrrole nitrogens is 1. The zero-order valence-corrected chi connectivity index (χ0v) is 19.9. The number of hydrogen-bond donors (Lipinski definition) is 1. The van der Waals surface area contributed by atoms with E-state index in [2.05, 4.69) is 65.1 Å². The van der Waals surface area contributed by atoms with Crippen LogP contribution in [0.5, 0.6) is 5.75 Å². The van der Waals surface area contributed by atoms with Crippen LogP contribution in [0.25, 0.3) is 33.3 Å². The molecule has 0 aliphatic rings. The van der Waals surface area contributed by atoms with Gasteiger partial charge in [-0.05, 0) is 59.0 Å².